The maximum Gasteiger partial charge on any atom is 0.259 e. The first-order valence-electron chi connectivity index (χ1n) is 6.15. The minimum Gasteiger partial charge on any atom is -0.399 e. The number of nitrogens with zero attached hydrogens (tertiary/aromatic N) is 1. The number of carbonyl (C=O) groups is 1. The van der Waals surface area contributed by atoms with Gasteiger partial charge in [-0.05, 0) is 81.8 Å². The first-order chi connectivity index (χ1) is 9.52. The fourth-order valence-corrected chi connectivity index (χ4v) is 2.85. The van der Waals surface area contributed by atoms with Gasteiger partial charge in [0.2, 0.25) is 0 Å². The predicted molar refractivity (Wildman–Crippen MR) is 95.1 cm³/mol. The standard InChI is InChI=1S/C15H14BrIN2O/c1-2-19(12-5-3-4-11(18)9-12)15(20)13-8-10(17)6-7-14(13)16/h3-9H,2,18H2,1H3. The summed E-state index contributed by atoms with van der Waals surface area (Å²) in [5.41, 5.74) is 7.91. The van der Waals surface area contributed by atoms with Crippen molar-refractivity contribution in [3.8, 4) is 0 Å². The Hall–Kier alpha value is -1.08. The van der Waals surface area contributed by atoms with Crippen LogP contribution in [0.2, 0.25) is 0 Å². The van der Waals surface area contributed by atoms with Gasteiger partial charge in [-0.3, -0.25) is 4.79 Å². The Balaban J connectivity index is 2.41. The van der Waals surface area contributed by atoms with Crippen molar-refractivity contribution >= 4 is 55.8 Å². The maximum absolute atomic E-state index is 12.7. The van der Waals surface area contributed by atoms with Crippen LogP contribution in [-0.4, -0.2) is 12.5 Å². The van der Waals surface area contributed by atoms with Crippen LogP contribution in [0, 0.1) is 3.57 Å². The molecular formula is C15H14BrIN2O. The molecule has 0 aliphatic rings. The van der Waals surface area contributed by atoms with Crippen LogP contribution in [0.4, 0.5) is 11.4 Å². The molecule has 0 heterocycles. The summed E-state index contributed by atoms with van der Waals surface area (Å²) in [7, 11) is 0. The Kier molecular flexibility index (Phi) is 5.04. The van der Waals surface area contributed by atoms with E-state index in [9.17, 15) is 4.79 Å². The second-order valence-electron chi connectivity index (χ2n) is 4.27. The highest BCUT2D eigenvalue weighted by atomic mass is 127. The van der Waals surface area contributed by atoms with Crippen molar-refractivity contribution in [2.24, 2.45) is 0 Å². The molecule has 0 unspecified atom stereocenters. The van der Waals surface area contributed by atoms with Gasteiger partial charge < -0.3 is 10.6 Å². The van der Waals surface area contributed by atoms with Crippen molar-refractivity contribution in [2.45, 2.75) is 6.92 Å². The zero-order chi connectivity index (χ0) is 14.7. The quantitative estimate of drug-likeness (QED) is 0.566. The van der Waals surface area contributed by atoms with E-state index in [1.165, 1.54) is 0 Å². The summed E-state index contributed by atoms with van der Waals surface area (Å²) in [5, 5.41) is 0. The Morgan fingerprint density at radius 1 is 1.30 bits per heavy atom. The summed E-state index contributed by atoms with van der Waals surface area (Å²) < 4.78 is 1.82. The number of nitrogens with two attached hydrogens (primary N) is 1. The lowest BCUT2D eigenvalue weighted by atomic mass is 10.1. The van der Waals surface area contributed by atoms with Gasteiger partial charge >= 0.3 is 0 Å². The fraction of sp³-hybridized carbons (Fsp3) is 0.133. The third-order valence-corrected chi connectivity index (χ3v) is 4.26. The molecule has 0 atom stereocenters. The van der Waals surface area contributed by atoms with E-state index in [0.717, 1.165) is 13.7 Å². The van der Waals surface area contributed by atoms with Crippen molar-refractivity contribution in [3.05, 3.63) is 56.1 Å². The van der Waals surface area contributed by atoms with Crippen molar-refractivity contribution < 1.29 is 4.79 Å². The van der Waals surface area contributed by atoms with Crippen molar-refractivity contribution in [3.63, 3.8) is 0 Å². The first-order valence-corrected chi connectivity index (χ1v) is 8.02. The van der Waals surface area contributed by atoms with Crippen LogP contribution in [0.3, 0.4) is 0 Å². The van der Waals surface area contributed by atoms with Crippen molar-refractivity contribution in [2.75, 3.05) is 17.2 Å². The van der Waals surface area contributed by atoms with E-state index in [1.54, 1.807) is 4.90 Å². The molecule has 2 N–H and O–H groups in total. The molecule has 5 heteroatoms. The van der Waals surface area contributed by atoms with E-state index >= 15 is 0 Å². The molecule has 0 aliphatic carbocycles. The summed E-state index contributed by atoms with van der Waals surface area (Å²) in [4.78, 5) is 14.4. The van der Waals surface area contributed by atoms with E-state index in [-0.39, 0.29) is 5.91 Å². The number of hydrogen-bond acceptors (Lipinski definition) is 2. The Labute approximate surface area is 140 Å². The molecule has 0 bridgehead atoms. The van der Waals surface area contributed by atoms with Gasteiger partial charge in [0.1, 0.15) is 0 Å². The largest absolute Gasteiger partial charge is 0.399 e. The van der Waals surface area contributed by atoms with Gasteiger partial charge in [-0.1, -0.05) is 6.07 Å². The zero-order valence-corrected chi connectivity index (χ0v) is 14.7. The highest BCUT2D eigenvalue weighted by Crippen LogP contribution is 2.25. The van der Waals surface area contributed by atoms with Gasteiger partial charge in [-0.2, -0.15) is 0 Å². The van der Waals surface area contributed by atoms with Gasteiger partial charge in [-0.15, -0.1) is 0 Å². The molecule has 0 radical (unpaired) electrons. The molecule has 0 aliphatic heterocycles. The number of anilines is 2. The highest BCUT2D eigenvalue weighted by molar-refractivity contribution is 14.1. The smallest absolute Gasteiger partial charge is 0.259 e. The minimum absolute atomic E-state index is 0.0384. The number of halogens is 2. The number of amides is 1. The molecule has 0 saturated carbocycles. The second kappa shape index (κ2) is 6.58. The van der Waals surface area contributed by atoms with Crippen LogP contribution < -0.4 is 10.6 Å². The number of nitrogen functional groups attached to an aromatic ring is 1. The van der Waals surface area contributed by atoms with E-state index in [1.807, 2.05) is 49.4 Å². The average molecular weight is 445 g/mol. The third-order valence-electron chi connectivity index (χ3n) is 2.90. The van der Waals surface area contributed by atoms with E-state index < -0.39 is 0 Å². The SMILES string of the molecule is CCN(C(=O)c1cc(I)ccc1Br)c1cccc(N)c1. The summed E-state index contributed by atoms with van der Waals surface area (Å²) in [6.45, 7) is 2.53. The lowest BCUT2D eigenvalue weighted by molar-refractivity contribution is 0.0987. The average Bonchev–Trinajstić information content (AvgIpc) is 2.42. The number of rotatable bonds is 3. The van der Waals surface area contributed by atoms with Gasteiger partial charge in [-0.25, -0.2) is 0 Å². The summed E-state index contributed by atoms with van der Waals surface area (Å²) in [6.07, 6.45) is 0. The lowest BCUT2D eigenvalue weighted by Gasteiger charge is -2.22. The Morgan fingerprint density at radius 2 is 2.05 bits per heavy atom. The number of hydrogen-bond donors (Lipinski definition) is 1. The van der Waals surface area contributed by atoms with E-state index in [4.69, 9.17) is 5.73 Å². The molecule has 1 amide bonds. The molecule has 0 fully saturated rings. The van der Waals surface area contributed by atoms with Gasteiger partial charge in [0.15, 0.2) is 0 Å². The molecule has 3 nitrogen and oxygen atoms in total. The first kappa shape index (κ1) is 15.3. The zero-order valence-electron chi connectivity index (χ0n) is 10.9. The van der Waals surface area contributed by atoms with Crippen LogP contribution in [0.5, 0.6) is 0 Å². The second-order valence-corrected chi connectivity index (χ2v) is 6.37. The van der Waals surface area contributed by atoms with Crippen LogP contribution in [0.25, 0.3) is 0 Å². The normalized spacial score (nSPS) is 10.3. The van der Waals surface area contributed by atoms with Crippen LogP contribution in [-0.2, 0) is 0 Å². The van der Waals surface area contributed by atoms with E-state index in [0.29, 0.717) is 17.8 Å². The molecule has 2 rings (SSSR count). The molecule has 0 spiro atoms. The number of carbonyl (C=O) groups excluding carboxylic acids is 1. The van der Waals surface area contributed by atoms with Gasteiger partial charge in [0.25, 0.3) is 5.91 Å². The molecular weight excluding hydrogens is 431 g/mol. The topological polar surface area (TPSA) is 46.3 Å². The van der Waals surface area contributed by atoms with E-state index in [2.05, 4.69) is 38.5 Å². The molecule has 2 aromatic carbocycles. The third kappa shape index (κ3) is 3.32. The van der Waals surface area contributed by atoms with Crippen molar-refractivity contribution in [1.29, 1.82) is 0 Å². The summed E-state index contributed by atoms with van der Waals surface area (Å²) in [5.74, 6) is -0.0384. The van der Waals surface area contributed by atoms with Crippen LogP contribution in [0.15, 0.2) is 46.9 Å². The summed E-state index contributed by atoms with van der Waals surface area (Å²) in [6, 6.07) is 13.1. The monoisotopic (exact) mass is 444 g/mol. The molecule has 2 aromatic rings. The predicted octanol–water partition coefficient (Wildman–Crippen LogP) is 4.30. The fourth-order valence-electron chi connectivity index (χ4n) is 1.94. The number of benzene rings is 2. The molecule has 0 saturated heterocycles. The van der Waals surface area contributed by atoms with Crippen molar-refractivity contribution in [1.82, 2.24) is 0 Å². The molecule has 0 aromatic heterocycles. The molecule has 20 heavy (non-hydrogen) atoms. The maximum atomic E-state index is 12.7. The Morgan fingerprint density at radius 3 is 2.70 bits per heavy atom. The lowest BCUT2D eigenvalue weighted by Crippen LogP contribution is -2.31. The van der Waals surface area contributed by atoms with Crippen LogP contribution >= 0.6 is 38.5 Å². The van der Waals surface area contributed by atoms with Gasteiger partial charge in [0, 0.05) is 26.0 Å². The Bertz CT molecular complexity index is 646. The highest BCUT2D eigenvalue weighted by Gasteiger charge is 2.18. The summed E-state index contributed by atoms with van der Waals surface area (Å²) >= 11 is 5.64. The molecule has 104 valence electrons. The van der Waals surface area contributed by atoms with Crippen LogP contribution in [0.1, 0.15) is 17.3 Å². The minimum atomic E-state index is -0.0384. The van der Waals surface area contributed by atoms with Gasteiger partial charge in [0.05, 0.1) is 5.56 Å².